The highest BCUT2D eigenvalue weighted by atomic mass is 79.9. The minimum absolute atomic E-state index is 0.106. The third-order valence-electron chi connectivity index (χ3n) is 3.00. The molecule has 1 heterocycles. The third-order valence-corrected chi connectivity index (χ3v) is 4.24. The summed E-state index contributed by atoms with van der Waals surface area (Å²) in [6, 6.07) is 0. The van der Waals surface area contributed by atoms with Crippen molar-refractivity contribution in [1.82, 2.24) is 9.97 Å². The standard InChI is InChI=1S/C10H13BrClN3O/c11-7-8(13-6-14-9(7)16)15-10(5-12)3-1-2-4-10/h6H,1-5H2,(H2,13,14,15,16). The first kappa shape index (κ1) is 11.9. The molecule has 6 heteroatoms. The van der Waals surface area contributed by atoms with E-state index in [0.717, 1.165) is 12.8 Å². The molecule has 1 aliphatic rings. The van der Waals surface area contributed by atoms with Crippen molar-refractivity contribution in [2.75, 3.05) is 11.2 Å². The zero-order valence-electron chi connectivity index (χ0n) is 8.72. The number of aromatic nitrogens is 2. The minimum Gasteiger partial charge on any atom is -0.362 e. The van der Waals surface area contributed by atoms with Gasteiger partial charge in [0.15, 0.2) is 0 Å². The second-order valence-corrected chi connectivity index (χ2v) is 5.20. The first-order valence-electron chi connectivity index (χ1n) is 5.24. The predicted molar refractivity (Wildman–Crippen MR) is 68.1 cm³/mol. The Morgan fingerprint density at radius 3 is 2.88 bits per heavy atom. The molecular formula is C10H13BrClN3O. The van der Waals surface area contributed by atoms with Crippen molar-refractivity contribution < 1.29 is 0 Å². The fourth-order valence-electron chi connectivity index (χ4n) is 2.07. The van der Waals surface area contributed by atoms with Crippen molar-refractivity contribution in [2.45, 2.75) is 31.2 Å². The summed E-state index contributed by atoms with van der Waals surface area (Å²) in [4.78, 5) is 18.0. The Labute approximate surface area is 107 Å². The Morgan fingerprint density at radius 2 is 2.25 bits per heavy atom. The van der Waals surface area contributed by atoms with E-state index in [1.54, 1.807) is 0 Å². The van der Waals surface area contributed by atoms with Crippen LogP contribution >= 0.6 is 27.5 Å². The lowest BCUT2D eigenvalue weighted by Crippen LogP contribution is -2.38. The van der Waals surface area contributed by atoms with Crippen molar-refractivity contribution in [1.29, 1.82) is 0 Å². The molecule has 1 aliphatic carbocycles. The maximum Gasteiger partial charge on any atom is 0.267 e. The van der Waals surface area contributed by atoms with Gasteiger partial charge in [-0.05, 0) is 28.8 Å². The molecule has 0 spiro atoms. The predicted octanol–water partition coefficient (Wildman–Crippen LogP) is 2.50. The largest absolute Gasteiger partial charge is 0.362 e. The number of nitrogens with one attached hydrogen (secondary N) is 2. The molecule has 0 radical (unpaired) electrons. The summed E-state index contributed by atoms with van der Waals surface area (Å²) in [5, 5.41) is 3.30. The summed E-state index contributed by atoms with van der Waals surface area (Å²) >= 11 is 9.24. The SMILES string of the molecule is O=c1[nH]cnc(NC2(CCl)CCCC2)c1Br. The van der Waals surface area contributed by atoms with E-state index in [2.05, 4.69) is 31.2 Å². The van der Waals surface area contributed by atoms with E-state index in [4.69, 9.17) is 11.6 Å². The van der Waals surface area contributed by atoms with Crippen LogP contribution in [0.5, 0.6) is 0 Å². The average molecular weight is 307 g/mol. The van der Waals surface area contributed by atoms with Crippen molar-refractivity contribution in [3.8, 4) is 0 Å². The van der Waals surface area contributed by atoms with Gasteiger partial charge in [-0.25, -0.2) is 4.98 Å². The highest BCUT2D eigenvalue weighted by Crippen LogP contribution is 2.34. The highest BCUT2D eigenvalue weighted by molar-refractivity contribution is 9.10. The molecule has 4 nitrogen and oxygen atoms in total. The van der Waals surface area contributed by atoms with Crippen LogP contribution in [0.1, 0.15) is 25.7 Å². The van der Waals surface area contributed by atoms with E-state index in [1.165, 1.54) is 19.2 Å². The fraction of sp³-hybridized carbons (Fsp3) is 0.600. The van der Waals surface area contributed by atoms with Crippen LogP contribution in [0.4, 0.5) is 5.82 Å². The van der Waals surface area contributed by atoms with Crippen molar-refractivity contribution in [3.05, 3.63) is 21.2 Å². The van der Waals surface area contributed by atoms with Gasteiger partial charge >= 0.3 is 0 Å². The minimum atomic E-state index is -0.180. The summed E-state index contributed by atoms with van der Waals surface area (Å²) in [5.41, 5.74) is -0.287. The van der Waals surface area contributed by atoms with Gasteiger partial charge in [0, 0.05) is 5.88 Å². The molecule has 1 saturated carbocycles. The molecule has 88 valence electrons. The molecule has 0 aliphatic heterocycles. The quantitative estimate of drug-likeness (QED) is 0.844. The van der Waals surface area contributed by atoms with Crippen LogP contribution in [0, 0.1) is 0 Å². The molecule has 1 aromatic rings. The summed E-state index contributed by atoms with van der Waals surface area (Å²) < 4.78 is 0.436. The first-order valence-corrected chi connectivity index (χ1v) is 6.57. The molecule has 16 heavy (non-hydrogen) atoms. The highest BCUT2D eigenvalue weighted by Gasteiger charge is 2.33. The molecule has 2 N–H and O–H groups in total. The van der Waals surface area contributed by atoms with Gasteiger partial charge in [0.25, 0.3) is 5.56 Å². The lowest BCUT2D eigenvalue weighted by Gasteiger charge is -2.28. The van der Waals surface area contributed by atoms with E-state index in [1.807, 2.05) is 0 Å². The van der Waals surface area contributed by atoms with E-state index >= 15 is 0 Å². The van der Waals surface area contributed by atoms with Crippen LogP contribution in [0.3, 0.4) is 0 Å². The van der Waals surface area contributed by atoms with Crippen LogP contribution in [0.25, 0.3) is 0 Å². The number of rotatable bonds is 3. The summed E-state index contributed by atoms with van der Waals surface area (Å²) in [6.07, 6.45) is 5.78. The number of alkyl halides is 1. The van der Waals surface area contributed by atoms with Crippen molar-refractivity contribution in [2.24, 2.45) is 0 Å². The van der Waals surface area contributed by atoms with Gasteiger partial charge in [-0.1, -0.05) is 12.8 Å². The average Bonchev–Trinajstić information content (AvgIpc) is 2.74. The maximum absolute atomic E-state index is 11.4. The van der Waals surface area contributed by atoms with E-state index in [0.29, 0.717) is 16.2 Å². The van der Waals surface area contributed by atoms with E-state index < -0.39 is 0 Å². The number of nitrogens with zero attached hydrogens (tertiary/aromatic N) is 1. The number of H-pyrrole nitrogens is 1. The normalized spacial score (nSPS) is 18.6. The smallest absolute Gasteiger partial charge is 0.267 e. The molecular weight excluding hydrogens is 293 g/mol. The molecule has 0 amide bonds. The van der Waals surface area contributed by atoms with Gasteiger partial charge in [0.1, 0.15) is 10.3 Å². The number of anilines is 1. The molecule has 0 bridgehead atoms. The topological polar surface area (TPSA) is 57.8 Å². The molecule has 1 aromatic heterocycles. The summed E-state index contributed by atoms with van der Waals surface area (Å²) in [6.45, 7) is 0. The molecule has 1 fully saturated rings. The Morgan fingerprint density at radius 1 is 1.56 bits per heavy atom. The summed E-state index contributed by atoms with van der Waals surface area (Å²) in [5.74, 6) is 1.11. The van der Waals surface area contributed by atoms with Gasteiger partial charge < -0.3 is 10.3 Å². The zero-order chi connectivity index (χ0) is 11.6. The van der Waals surface area contributed by atoms with Crippen LogP contribution in [-0.4, -0.2) is 21.4 Å². The molecule has 0 saturated heterocycles. The lowest BCUT2D eigenvalue weighted by molar-refractivity contribution is 0.536. The third kappa shape index (κ3) is 2.25. The number of hydrogen-bond donors (Lipinski definition) is 2. The second-order valence-electron chi connectivity index (χ2n) is 4.14. The van der Waals surface area contributed by atoms with E-state index in [9.17, 15) is 4.79 Å². The Hall–Kier alpha value is -0.550. The van der Waals surface area contributed by atoms with Gasteiger partial charge in [0.05, 0.1) is 11.9 Å². The van der Waals surface area contributed by atoms with Crippen molar-refractivity contribution >= 4 is 33.3 Å². The Bertz CT molecular complexity index is 428. The zero-order valence-corrected chi connectivity index (χ0v) is 11.1. The van der Waals surface area contributed by atoms with Crippen LogP contribution in [-0.2, 0) is 0 Å². The number of hydrogen-bond acceptors (Lipinski definition) is 3. The molecule has 2 rings (SSSR count). The second kappa shape index (κ2) is 4.75. The fourth-order valence-corrected chi connectivity index (χ4v) is 2.72. The maximum atomic E-state index is 11.4. The Balaban J connectivity index is 2.26. The van der Waals surface area contributed by atoms with Crippen LogP contribution in [0.2, 0.25) is 0 Å². The van der Waals surface area contributed by atoms with Gasteiger partial charge in [-0.3, -0.25) is 4.79 Å². The Kier molecular flexibility index (Phi) is 3.54. The van der Waals surface area contributed by atoms with Gasteiger partial charge in [-0.2, -0.15) is 0 Å². The summed E-state index contributed by atoms with van der Waals surface area (Å²) in [7, 11) is 0. The number of aromatic amines is 1. The van der Waals surface area contributed by atoms with Gasteiger partial charge in [-0.15, -0.1) is 11.6 Å². The lowest BCUT2D eigenvalue weighted by atomic mass is 10.0. The monoisotopic (exact) mass is 305 g/mol. The molecule has 0 atom stereocenters. The molecule has 0 aromatic carbocycles. The number of halogens is 2. The van der Waals surface area contributed by atoms with Crippen LogP contribution < -0.4 is 10.9 Å². The van der Waals surface area contributed by atoms with Gasteiger partial charge in [0.2, 0.25) is 0 Å². The molecule has 0 unspecified atom stereocenters. The van der Waals surface area contributed by atoms with E-state index in [-0.39, 0.29) is 11.1 Å². The van der Waals surface area contributed by atoms with Crippen molar-refractivity contribution in [3.63, 3.8) is 0 Å². The first-order chi connectivity index (χ1) is 7.67. The van der Waals surface area contributed by atoms with Crippen LogP contribution in [0.15, 0.2) is 15.6 Å².